The summed E-state index contributed by atoms with van der Waals surface area (Å²) < 4.78 is 29.3. The first-order chi connectivity index (χ1) is 35.8. The number of carbonyl (C=O) groups is 8. The second-order valence-electron chi connectivity index (χ2n) is 20.8. The normalized spacial score (nSPS) is 24.4. The summed E-state index contributed by atoms with van der Waals surface area (Å²) >= 11 is 0. The Balaban J connectivity index is 1.11. The minimum Gasteiger partial charge on any atom is -0.507 e. The monoisotopic (exact) mass is 1080 g/mol. The third-order valence-corrected chi connectivity index (χ3v) is 15.5. The van der Waals surface area contributed by atoms with E-state index in [9.17, 15) is 73.1 Å². The van der Waals surface area contributed by atoms with Crippen LogP contribution in [0.5, 0.6) is 11.5 Å². The van der Waals surface area contributed by atoms with Crippen LogP contribution >= 0.6 is 7.60 Å². The van der Waals surface area contributed by atoms with E-state index in [0.717, 1.165) is 0 Å². The van der Waals surface area contributed by atoms with Crippen LogP contribution in [0.15, 0.2) is 54.6 Å². The van der Waals surface area contributed by atoms with Crippen molar-refractivity contribution >= 4 is 54.2 Å². The predicted octanol–water partition coefficient (Wildman–Crippen LogP) is 2.57. The number of hydrogen-bond acceptors (Lipinski definition) is 16. The van der Waals surface area contributed by atoms with Gasteiger partial charge in [-0.1, -0.05) is 56.3 Å². The molecule has 4 aliphatic rings. The molecule has 7 rings (SSSR count). The number of Topliss-reactive ketones (excluding diaryl/α,β-unsaturated/α-hetero) is 3. The molecule has 3 aromatic rings. The van der Waals surface area contributed by atoms with Gasteiger partial charge < -0.3 is 60.0 Å². The number of methoxy groups -OCH3 is 1. The summed E-state index contributed by atoms with van der Waals surface area (Å²) in [6.45, 7) is 5.72. The van der Waals surface area contributed by atoms with Gasteiger partial charge in [-0.2, -0.15) is 0 Å². The van der Waals surface area contributed by atoms with Crippen molar-refractivity contribution in [3.8, 4) is 11.5 Å². The molecule has 2 saturated heterocycles. The highest BCUT2D eigenvalue weighted by molar-refractivity contribution is 7.52. The summed E-state index contributed by atoms with van der Waals surface area (Å²) in [5.41, 5.74) is -2.16. The molecule has 10 atom stereocenters. The standard InChI is InChI=1S/C54H66N3O18P/c1-27(2)17-32(20-39(59)28(3)55-44(62)26-76(70,71)72)53(68)57-16-10-14-38(57)40(60)19-31(18-30-11-7-6-8-12-30)52(67)56-37-22-45(74-29(4)48(37)63)75-42-24-54(69,43(61)25-58)23-36-34(42)21-35-47(51(36)66)49(64)33-13-9-15-41(73-5)46(33)50(35)65/h6-9,11-13,15,21,27-29,31-32,37-38,42,45,48,58,63,66,69H,10,14,16-20,22-26H2,1-5H3,(H,55,62)(H,56,67)(H2,70,71,72). The molecular weight excluding hydrogens is 1010 g/mol. The molecule has 76 heavy (non-hydrogen) atoms. The van der Waals surface area contributed by atoms with Crippen molar-refractivity contribution in [1.82, 2.24) is 15.5 Å². The van der Waals surface area contributed by atoms with Crippen LogP contribution in [0.2, 0.25) is 0 Å². The van der Waals surface area contributed by atoms with Crippen LogP contribution in [0.25, 0.3) is 0 Å². The third-order valence-electron chi connectivity index (χ3n) is 14.8. The lowest BCUT2D eigenvalue weighted by Crippen LogP contribution is -2.57. The number of likely N-dealkylation sites (tertiary alicyclic amines) is 1. The van der Waals surface area contributed by atoms with Gasteiger partial charge in [0, 0.05) is 67.2 Å². The fourth-order valence-electron chi connectivity index (χ4n) is 11.0. The van der Waals surface area contributed by atoms with Crippen LogP contribution in [0.4, 0.5) is 0 Å². The van der Waals surface area contributed by atoms with Crippen molar-refractivity contribution in [1.29, 1.82) is 0 Å². The minimum atomic E-state index is -4.70. The molecule has 410 valence electrons. The first-order valence-electron chi connectivity index (χ1n) is 25.4. The average Bonchev–Trinajstić information content (AvgIpc) is 3.88. The first-order valence-corrected chi connectivity index (χ1v) is 27.2. The number of aliphatic hydroxyl groups excluding tert-OH is 2. The van der Waals surface area contributed by atoms with Crippen molar-refractivity contribution in [3.63, 3.8) is 0 Å². The Hall–Kier alpha value is -6.03. The SMILES string of the molecule is COc1cccc2c1C(=O)c1cc3c(c(O)c1C2=O)CC(O)(C(=O)CO)CC3OC1CC(NC(=O)C(CC(=O)C2CCCN2C(=O)C(CC(=O)C(C)NC(=O)CP(=O)(O)O)CC(C)C)Cc2ccccc2)C(O)C(C)O1. The quantitative estimate of drug-likeness (QED) is 0.0556. The minimum absolute atomic E-state index is 0.0267. The van der Waals surface area contributed by atoms with E-state index in [-0.39, 0.29) is 90.1 Å². The van der Waals surface area contributed by atoms with Gasteiger partial charge in [0.1, 0.15) is 36.0 Å². The number of fused-ring (bicyclic) bond motifs is 3. The largest absolute Gasteiger partial charge is 0.507 e. The number of hydrogen-bond donors (Lipinski definition) is 8. The molecule has 2 aliphatic carbocycles. The Bertz CT molecular complexity index is 2820. The number of aliphatic hydroxyl groups is 3. The Morgan fingerprint density at radius 2 is 1.64 bits per heavy atom. The van der Waals surface area contributed by atoms with Crippen LogP contribution in [-0.2, 0) is 55.6 Å². The highest BCUT2D eigenvalue weighted by Crippen LogP contribution is 2.48. The maximum atomic E-state index is 14.6. The number of amides is 3. The molecule has 2 fully saturated rings. The van der Waals surface area contributed by atoms with Gasteiger partial charge in [-0.25, -0.2) is 0 Å². The molecule has 0 bridgehead atoms. The van der Waals surface area contributed by atoms with Crippen molar-refractivity contribution < 1.29 is 87.3 Å². The molecule has 0 aromatic heterocycles. The zero-order valence-corrected chi connectivity index (χ0v) is 43.8. The second-order valence-corrected chi connectivity index (χ2v) is 22.5. The molecular formula is C54H66N3O18P. The van der Waals surface area contributed by atoms with Gasteiger partial charge in [-0.05, 0) is 68.7 Å². The number of aromatic hydroxyl groups is 1. The molecule has 10 unspecified atom stereocenters. The molecule has 3 aromatic carbocycles. The summed E-state index contributed by atoms with van der Waals surface area (Å²) in [4.78, 5) is 130. The number of benzene rings is 3. The lowest BCUT2D eigenvalue weighted by Gasteiger charge is -2.43. The number of phenolic OH excluding ortho intramolecular Hbond substituents is 1. The zero-order chi connectivity index (χ0) is 55.6. The molecule has 3 amide bonds. The molecule has 22 heteroatoms. The van der Waals surface area contributed by atoms with E-state index in [0.29, 0.717) is 12.0 Å². The van der Waals surface area contributed by atoms with Crippen LogP contribution in [0, 0.1) is 17.8 Å². The topological polar surface area (TPSA) is 330 Å². The van der Waals surface area contributed by atoms with E-state index in [4.69, 9.17) is 14.2 Å². The van der Waals surface area contributed by atoms with E-state index in [1.165, 1.54) is 50.1 Å². The third kappa shape index (κ3) is 12.7. The number of nitrogens with one attached hydrogen (secondary N) is 2. The molecule has 0 radical (unpaired) electrons. The predicted molar refractivity (Wildman–Crippen MR) is 269 cm³/mol. The van der Waals surface area contributed by atoms with Crippen LogP contribution in [0.1, 0.15) is 127 Å². The number of ketones is 5. The van der Waals surface area contributed by atoms with Crippen LogP contribution in [-0.4, -0.2) is 150 Å². The van der Waals surface area contributed by atoms with Gasteiger partial charge in [0.15, 0.2) is 35.2 Å². The highest BCUT2D eigenvalue weighted by Gasteiger charge is 2.49. The summed E-state index contributed by atoms with van der Waals surface area (Å²) in [7, 11) is -3.37. The molecule has 21 nitrogen and oxygen atoms in total. The Morgan fingerprint density at radius 3 is 2.30 bits per heavy atom. The number of phenols is 1. The maximum Gasteiger partial charge on any atom is 0.334 e. The molecule has 2 aliphatic heterocycles. The van der Waals surface area contributed by atoms with E-state index in [2.05, 4.69) is 10.6 Å². The summed E-state index contributed by atoms with van der Waals surface area (Å²) in [6, 6.07) is 11.5. The van der Waals surface area contributed by atoms with Crippen LogP contribution < -0.4 is 15.4 Å². The average molecular weight is 1080 g/mol. The van der Waals surface area contributed by atoms with Crippen molar-refractivity contribution in [2.24, 2.45) is 17.8 Å². The molecule has 8 N–H and O–H groups in total. The van der Waals surface area contributed by atoms with Gasteiger partial charge in [0.25, 0.3) is 0 Å². The highest BCUT2D eigenvalue weighted by atomic mass is 31.2. The number of ether oxygens (including phenoxy) is 3. The van der Waals surface area contributed by atoms with Gasteiger partial charge in [0.2, 0.25) is 17.7 Å². The van der Waals surface area contributed by atoms with Gasteiger partial charge >= 0.3 is 7.60 Å². The van der Waals surface area contributed by atoms with Gasteiger partial charge in [0.05, 0.1) is 48.6 Å². The lowest BCUT2D eigenvalue weighted by atomic mass is 9.72. The fraction of sp³-hybridized carbons (Fsp3) is 0.519. The molecule has 2 heterocycles. The van der Waals surface area contributed by atoms with Gasteiger partial charge in [-0.3, -0.25) is 42.9 Å². The summed E-state index contributed by atoms with van der Waals surface area (Å²) in [5, 5.41) is 50.2. The number of carbonyl (C=O) groups excluding carboxylic acids is 8. The Labute approximate surface area is 438 Å². The van der Waals surface area contributed by atoms with Crippen LogP contribution in [0.3, 0.4) is 0 Å². The van der Waals surface area contributed by atoms with E-state index < -0.39 is 146 Å². The van der Waals surface area contributed by atoms with E-state index in [1.54, 1.807) is 30.3 Å². The first kappa shape index (κ1) is 57.7. The van der Waals surface area contributed by atoms with Crippen molar-refractivity contribution in [2.45, 2.75) is 134 Å². The lowest BCUT2D eigenvalue weighted by molar-refractivity contribution is -0.249. The summed E-state index contributed by atoms with van der Waals surface area (Å²) in [6.07, 6.45) is -6.93. The Morgan fingerprint density at radius 1 is 0.947 bits per heavy atom. The number of nitrogens with zero attached hydrogens (tertiary/aromatic N) is 1. The van der Waals surface area contributed by atoms with E-state index in [1.807, 2.05) is 13.8 Å². The number of rotatable bonds is 21. The second kappa shape index (κ2) is 23.7. The molecule has 0 spiro atoms. The fourth-order valence-corrected chi connectivity index (χ4v) is 11.4. The molecule has 0 saturated carbocycles. The van der Waals surface area contributed by atoms with Crippen molar-refractivity contribution in [3.05, 3.63) is 93.5 Å². The van der Waals surface area contributed by atoms with Gasteiger partial charge in [-0.15, -0.1) is 0 Å². The maximum absolute atomic E-state index is 14.6. The van der Waals surface area contributed by atoms with Crippen molar-refractivity contribution in [2.75, 3.05) is 26.4 Å². The van der Waals surface area contributed by atoms with E-state index >= 15 is 0 Å². The zero-order valence-electron chi connectivity index (χ0n) is 42.9. The Kier molecular flexibility index (Phi) is 18.0. The smallest absolute Gasteiger partial charge is 0.334 e. The summed E-state index contributed by atoms with van der Waals surface area (Å²) in [5.74, 6) is -7.96.